The molecular formula is C58H98O6. The number of ether oxygens (including phenoxy) is 3. The number of carbonyl (C=O) groups excluding carboxylic acids is 3. The van der Waals surface area contributed by atoms with Crippen molar-refractivity contribution in [3.05, 3.63) is 85.1 Å². The molecule has 1 atom stereocenters. The van der Waals surface area contributed by atoms with Gasteiger partial charge in [-0.15, -0.1) is 0 Å². The van der Waals surface area contributed by atoms with Crippen molar-refractivity contribution in [1.82, 2.24) is 0 Å². The lowest BCUT2D eigenvalue weighted by atomic mass is 10.1. The molecule has 0 aliphatic rings. The van der Waals surface area contributed by atoms with Crippen molar-refractivity contribution >= 4 is 17.9 Å². The number of unbranched alkanes of at least 4 members (excludes halogenated alkanes) is 26. The van der Waals surface area contributed by atoms with Crippen LogP contribution in [-0.4, -0.2) is 37.2 Å². The normalized spacial score (nSPS) is 12.7. The summed E-state index contributed by atoms with van der Waals surface area (Å²) in [7, 11) is 0. The average molecular weight is 891 g/mol. The highest BCUT2D eigenvalue weighted by atomic mass is 16.6. The SMILES string of the molecule is CCC\C=C/C=C\C=C/C=C\C=C/CCCCCCCC(=O)OCC(COC(=O)CCCCCC/C=C\CCCC)OC(=O)CCCCCCC/C=C\CCCCCCCCCCC. The molecule has 0 aliphatic carbocycles. The fraction of sp³-hybridized carbons (Fsp3) is 0.707. The molecule has 0 aliphatic heterocycles. The average Bonchev–Trinajstić information content (AvgIpc) is 3.29. The Kier molecular flexibility index (Phi) is 49.4. The summed E-state index contributed by atoms with van der Waals surface area (Å²) < 4.78 is 16.8. The molecule has 6 nitrogen and oxygen atoms in total. The monoisotopic (exact) mass is 891 g/mol. The van der Waals surface area contributed by atoms with E-state index in [0.29, 0.717) is 19.3 Å². The molecule has 0 bridgehead atoms. The largest absolute Gasteiger partial charge is 0.462 e. The highest BCUT2D eigenvalue weighted by Crippen LogP contribution is 2.14. The third-order valence-corrected chi connectivity index (χ3v) is 11.2. The molecule has 1 unspecified atom stereocenters. The zero-order valence-corrected chi connectivity index (χ0v) is 41.8. The molecule has 0 amide bonds. The van der Waals surface area contributed by atoms with Crippen LogP contribution in [0.2, 0.25) is 0 Å². The van der Waals surface area contributed by atoms with Gasteiger partial charge in [0.15, 0.2) is 6.10 Å². The van der Waals surface area contributed by atoms with Crippen LogP contribution < -0.4 is 0 Å². The molecule has 0 saturated carbocycles. The van der Waals surface area contributed by atoms with Crippen molar-refractivity contribution in [2.75, 3.05) is 13.2 Å². The van der Waals surface area contributed by atoms with Crippen LogP contribution in [-0.2, 0) is 28.6 Å². The summed E-state index contributed by atoms with van der Waals surface area (Å²) >= 11 is 0. The van der Waals surface area contributed by atoms with Gasteiger partial charge in [0, 0.05) is 19.3 Å². The van der Waals surface area contributed by atoms with Gasteiger partial charge in [0.2, 0.25) is 0 Å². The highest BCUT2D eigenvalue weighted by molar-refractivity contribution is 5.71. The summed E-state index contributed by atoms with van der Waals surface area (Å²) in [6, 6.07) is 0. The van der Waals surface area contributed by atoms with Gasteiger partial charge in [0.1, 0.15) is 13.2 Å². The van der Waals surface area contributed by atoms with Gasteiger partial charge in [0.05, 0.1) is 0 Å². The molecule has 0 heterocycles. The summed E-state index contributed by atoms with van der Waals surface area (Å²) in [5.41, 5.74) is 0. The Labute approximate surface area is 395 Å². The minimum absolute atomic E-state index is 0.0949. The van der Waals surface area contributed by atoms with Crippen LogP contribution in [0.25, 0.3) is 0 Å². The molecule has 0 spiro atoms. The van der Waals surface area contributed by atoms with Crippen molar-refractivity contribution in [3.63, 3.8) is 0 Å². The van der Waals surface area contributed by atoms with Gasteiger partial charge in [-0.1, -0.05) is 228 Å². The van der Waals surface area contributed by atoms with Crippen LogP contribution in [0, 0.1) is 0 Å². The van der Waals surface area contributed by atoms with E-state index in [9.17, 15) is 14.4 Å². The number of allylic oxidation sites excluding steroid dienone is 14. The molecule has 0 aromatic rings. The summed E-state index contributed by atoms with van der Waals surface area (Å²) in [6.07, 6.45) is 67.1. The summed E-state index contributed by atoms with van der Waals surface area (Å²) in [6.45, 7) is 6.47. The zero-order valence-electron chi connectivity index (χ0n) is 41.8. The van der Waals surface area contributed by atoms with Crippen molar-refractivity contribution in [2.45, 2.75) is 252 Å². The number of rotatable bonds is 47. The van der Waals surface area contributed by atoms with Crippen LogP contribution in [0.1, 0.15) is 245 Å². The molecule has 0 radical (unpaired) electrons. The van der Waals surface area contributed by atoms with Gasteiger partial charge in [0.25, 0.3) is 0 Å². The Hall–Kier alpha value is -3.41. The Morgan fingerprint density at radius 3 is 1.03 bits per heavy atom. The van der Waals surface area contributed by atoms with E-state index in [1.54, 1.807) is 0 Å². The maximum absolute atomic E-state index is 12.8. The molecule has 0 rings (SSSR count). The van der Waals surface area contributed by atoms with Crippen molar-refractivity contribution < 1.29 is 28.6 Å². The van der Waals surface area contributed by atoms with Gasteiger partial charge in [-0.3, -0.25) is 14.4 Å². The summed E-state index contributed by atoms with van der Waals surface area (Å²) in [4.78, 5) is 38.0. The maximum Gasteiger partial charge on any atom is 0.306 e. The zero-order chi connectivity index (χ0) is 46.5. The summed E-state index contributed by atoms with van der Waals surface area (Å²) in [5.74, 6) is -0.941. The van der Waals surface area contributed by atoms with E-state index in [4.69, 9.17) is 14.2 Å². The van der Waals surface area contributed by atoms with Crippen LogP contribution in [0.5, 0.6) is 0 Å². The van der Waals surface area contributed by atoms with Gasteiger partial charge in [-0.05, 0) is 83.5 Å². The maximum atomic E-state index is 12.8. The molecule has 64 heavy (non-hydrogen) atoms. The van der Waals surface area contributed by atoms with Crippen molar-refractivity contribution in [3.8, 4) is 0 Å². The Morgan fingerprint density at radius 2 is 0.625 bits per heavy atom. The lowest BCUT2D eigenvalue weighted by molar-refractivity contribution is -0.167. The summed E-state index contributed by atoms with van der Waals surface area (Å²) in [5, 5.41) is 0. The Bertz CT molecular complexity index is 1250. The first kappa shape index (κ1) is 60.6. The van der Waals surface area contributed by atoms with Gasteiger partial charge in [-0.25, -0.2) is 0 Å². The molecule has 0 fully saturated rings. The van der Waals surface area contributed by atoms with Crippen LogP contribution >= 0.6 is 0 Å². The molecule has 0 aromatic heterocycles. The van der Waals surface area contributed by atoms with Crippen LogP contribution in [0.15, 0.2) is 85.1 Å². The van der Waals surface area contributed by atoms with Crippen molar-refractivity contribution in [2.24, 2.45) is 0 Å². The molecule has 0 N–H and O–H groups in total. The first-order valence-electron chi connectivity index (χ1n) is 26.7. The number of carbonyl (C=O) groups is 3. The van der Waals surface area contributed by atoms with Crippen LogP contribution in [0.3, 0.4) is 0 Å². The minimum atomic E-state index is -0.796. The van der Waals surface area contributed by atoms with E-state index < -0.39 is 6.10 Å². The second-order valence-corrected chi connectivity index (χ2v) is 17.5. The number of esters is 3. The van der Waals surface area contributed by atoms with Crippen LogP contribution in [0.4, 0.5) is 0 Å². The predicted octanol–water partition coefficient (Wildman–Crippen LogP) is 17.6. The lowest BCUT2D eigenvalue weighted by Crippen LogP contribution is -2.30. The third kappa shape index (κ3) is 49.6. The molecular weight excluding hydrogens is 793 g/mol. The van der Waals surface area contributed by atoms with Gasteiger partial charge >= 0.3 is 17.9 Å². The third-order valence-electron chi connectivity index (χ3n) is 11.2. The van der Waals surface area contributed by atoms with E-state index in [-0.39, 0.29) is 31.1 Å². The highest BCUT2D eigenvalue weighted by Gasteiger charge is 2.19. The number of hydrogen-bond donors (Lipinski definition) is 0. The molecule has 0 aromatic carbocycles. The van der Waals surface area contributed by atoms with E-state index in [2.05, 4.69) is 81.5 Å². The molecule has 0 saturated heterocycles. The van der Waals surface area contributed by atoms with E-state index in [0.717, 1.165) is 116 Å². The smallest absolute Gasteiger partial charge is 0.306 e. The van der Waals surface area contributed by atoms with Gasteiger partial charge in [-0.2, -0.15) is 0 Å². The van der Waals surface area contributed by atoms with E-state index in [1.165, 1.54) is 89.9 Å². The van der Waals surface area contributed by atoms with Gasteiger partial charge < -0.3 is 14.2 Å². The first-order valence-corrected chi connectivity index (χ1v) is 26.7. The second-order valence-electron chi connectivity index (χ2n) is 17.5. The standard InChI is InChI=1S/C58H98O6/c1-4-7-10-13-16-19-22-24-26-28-30-32-34-36-39-42-45-48-51-57(60)63-54-55(53-62-56(59)50-47-44-41-38-21-18-15-12-9-6-3)64-58(61)52-49-46-43-40-37-35-33-31-29-27-25-23-20-17-14-11-8-5-2/h10,13,15-16,18-19,22,24,26,28,30-33,55H,4-9,11-12,14,17,20-21,23,25,27,29,34-54H2,1-3H3/b13-10-,18-15-,19-16-,24-22-,28-26-,32-30-,33-31-. The van der Waals surface area contributed by atoms with E-state index in [1.807, 2.05) is 24.3 Å². The van der Waals surface area contributed by atoms with Crippen molar-refractivity contribution in [1.29, 1.82) is 0 Å². The first-order chi connectivity index (χ1) is 31.5. The Balaban J connectivity index is 4.42. The second kappa shape index (κ2) is 52.2. The topological polar surface area (TPSA) is 78.9 Å². The number of hydrogen-bond acceptors (Lipinski definition) is 6. The quantitative estimate of drug-likeness (QED) is 0.0199. The fourth-order valence-corrected chi connectivity index (χ4v) is 7.15. The predicted molar refractivity (Wildman–Crippen MR) is 274 cm³/mol. The van der Waals surface area contributed by atoms with E-state index >= 15 is 0 Å². The Morgan fingerprint density at radius 1 is 0.312 bits per heavy atom. The fourth-order valence-electron chi connectivity index (χ4n) is 7.15. The molecule has 366 valence electrons. The minimum Gasteiger partial charge on any atom is -0.462 e. The lowest BCUT2D eigenvalue weighted by Gasteiger charge is -2.18. The molecule has 6 heteroatoms.